The minimum atomic E-state index is 0.244. The summed E-state index contributed by atoms with van der Waals surface area (Å²) in [6.07, 6.45) is 10.8. The Labute approximate surface area is 174 Å². The molecule has 150 valence electrons. The van der Waals surface area contributed by atoms with E-state index in [0.29, 0.717) is 17.7 Å². The van der Waals surface area contributed by atoms with Crippen molar-refractivity contribution in [2.45, 2.75) is 49.6 Å². The predicted octanol–water partition coefficient (Wildman–Crippen LogP) is 4.09. The van der Waals surface area contributed by atoms with E-state index in [4.69, 9.17) is 0 Å². The molecule has 6 nitrogen and oxygen atoms in total. The lowest BCUT2D eigenvalue weighted by Gasteiger charge is -2.44. The number of carbonyl (C=O) groups excluding carboxylic acids is 1. The monoisotopic (exact) mass is 407 g/mol. The van der Waals surface area contributed by atoms with E-state index in [1.807, 2.05) is 35.0 Å². The maximum atomic E-state index is 13.0. The molecule has 1 aliphatic heterocycles. The van der Waals surface area contributed by atoms with Crippen LogP contribution in [0.5, 0.6) is 0 Å². The first kappa shape index (κ1) is 18.6. The number of thioether (sulfide) groups is 1. The zero-order chi connectivity index (χ0) is 19.6. The molecule has 2 atom stereocenters. The highest BCUT2D eigenvalue weighted by Crippen LogP contribution is 2.36. The number of para-hydroxylation sites is 1. The van der Waals surface area contributed by atoms with Gasteiger partial charge in [0.15, 0.2) is 5.65 Å². The van der Waals surface area contributed by atoms with Gasteiger partial charge in [0, 0.05) is 12.6 Å². The zero-order valence-electron chi connectivity index (χ0n) is 16.4. The fourth-order valence-corrected chi connectivity index (χ4v) is 5.69. The van der Waals surface area contributed by atoms with E-state index >= 15 is 0 Å². The molecular weight excluding hydrogens is 382 g/mol. The Morgan fingerprint density at radius 2 is 1.90 bits per heavy atom. The summed E-state index contributed by atoms with van der Waals surface area (Å²) in [5.41, 5.74) is 1.73. The van der Waals surface area contributed by atoms with Crippen molar-refractivity contribution in [3.8, 4) is 5.69 Å². The minimum absolute atomic E-state index is 0.244. The molecule has 0 N–H and O–H groups in total. The number of fused-ring (bicyclic) bond motifs is 2. The summed E-state index contributed by atoms with van der Waals surface area (Å²) >= 11 is 1.50. The van der Waals surface area contributed by atoms with E-state index in [0.717, 1.165) is 34.7 Å². The summed E-state index contributed by atoms with van der Waals surface area (Å²) in [5.74, 6) is 1.38. The van der Waals surface area contributed by atoms with Crippen LogP contribution in [0.4, 0.5) is 0 Å². The van der Waals surface area contributed by atoms with Crippen LogP contribution >= 0.6 is 11.8 Å². The summed E-state index contributed by atoms with van der Waals surface area (Å²) in [6, 6.07) is 10.4. The molecule has 2 aliphatic rings. The van der Waals surface area contributed by atoms with Crippen LogP contribution in [0.25, 0.3) is 16.7 Å². The average molecular weight is 408 g/mol. The molecule has 29 heavy (non-hydrogen) atoms. The topological polar surface area (TPSA) is 63.9 Å². The lowest BCUT2D eigenvalue weighted by Crippen LogP contribution is -2.50. The molecule has 2 aromatic heterocycles. The molecule has 2 fully saturated rings. The molecule has 1 saturated carbocycles. The number of piperidine rings is 1. The second kappa shape index (κ2) is 8.14. The van der Waals surface area contributed by atoms with Crippen molar-refractivity contribution in [2.75, 3.05) is 12.3 Å². The highest BCUT2D eigenvalue weighted by atomic mass is 32.2. The van der Waals surface area contributed by atoms with Crippen LogP contribution in [-0.4, -0.2) is 48.9 Å². The third kappa shape index (κ3) is 3.64. The van der Waals surface area contributed by atoms with Crippen LogP contribution in [0.2, 0.25) is 0 Å². The highest BCUT2D eigenvalue weighted by Gasteiger charge is 2.35. The standard InChI is InChI=1S/C22H25N5OS/c28-20(26-12-6-8-16-7-4-5-11-19(16)26)14-29-22-18-13-25-27(21(18)23-15-24-22)17-9-2-1-3-10-17/h1-3,9-10,13,15-16,19H,4-8,11-12,14H2/t16-,19+/m1/s1. The molecule has 1 aromatic carbocycles. The number of carbonyl (C=O) groups is 1. The number of amides is 1. The molecule has 0 spiro atoms. The van der Waals surface area contributed by atoms with Crippen molar-refractivity contribution in [2.24, 2.45) is 5.92 Å². The number of benzene rings is 1. The first-order valence-electron chi connectivity index (χ1n) is 10.5. The SMILES string of the molecule is O=C(CSc1ncnc2c1cnn2-c1ccccc1)N1CCC[C@H]2CCCC[C@@H]21. The summed E-state index contributed by atoms with van der Waals surface area (Å²) in [5, 5.41) is 6.22. The number of hydrogen-bond donors (Lipinski definition) is 0. The zero-order valence-corrected chi connectivity index (χ0v) is 17.2. The summed E-state index contributed by atoms with van der Waals surface area (Å²) in [6.45, 7) is 0.908. The summed E-state index contributed by atoms with van der Waals surface area (Å²) < 4.78 is 1.82. The number of rotatable bonds is 4. The van der Waals surface area contributed by atoms with E-state index in [1.165, 1.54) is 43.9 Å². The van der Waals surface area contributed by atoms with Crippen molar-refractivity contribution >= 4 is 28.7 Å². The smallest absolute Gasteiger partial charge is 0.233 e. The third-order valence-electron chi connectivity index (χ3n) is 6.23. The van der Waals surface area contributed by atoms with E-state index in [9.17, 15) is 4.79 Å². The van der Waals surface area contributed by atoms with Crippen LogP contribution in [0.3, 0.4) is 0 Å². The summed E-state index contributed by atoms with van der Waals surface area (Å²) in [4.78, 5) is 24.1. The number of hydrogen-bond acceptors (Lipinski definition) is 5. The molecule has 1 saturated heterocycles. The summed E-state index contributed by atoms with van der Waals surface area (Å²) in [7, 11) is 0. The molecule has 1 amide bonds. The first-order valence-corrected chi connectivity index (χ1v) is 11.5. The van der Waals surface area contributed by atoms with Crippen molar-refractivity contribution in [1.29, 1.82) is 0 Å². The Bertz CT molecular complexity index is 1000. The molecule has 3 heterocycles. The molecule has 1 aliphatic carbocycles. The quantitative estimate of drug-likeness (QED) is 0.481. The van der Waals surface area contributed by atoms with Gasteiger partial charge in [-0.05, 0) is 43.7 Å². The molecule has 5 rings (SSSR count). The maximum absolute atomic E-state index is 13.0. The Morgan fingerprint density at radius 3 is 2.79 bits per heavy atom. The average Bonchev–Trinajstić information content (AvgIpc) is 3.22. The Balaban J connectivity index is 1.33. The second-order valence-electron chi connectivity index (χ2n) is 7.94. The van der Waals surface area contributed by atoms with Gasteiger partial charge in [0.2, 0.25) is 5.91 Å². The van der Waals surface area contributed by atoms with Gasteiger partial charge < -0.3 is 4.90 Å². The van der Waals surface area contributed by atoms with Crippen LogP contribution in [0.1, 0.15) is 38.5 Å². The lowest BCUT2D eigenvalue weighted by molar-refractivity contribution is -0.134. The van der Waals surface area contributed by atoms with Crippen LogP contribution in [-0.2, 0) is 4.79 Å². The first-order chi connectivity index (χ1) is 14.3. The lowest BCUT2D eigenvalue weighted by atomic mass is 9.78. The molecule has 7 heteroatoms. The molecule has 3 aromatic rings. The fraction of sp³-hybridized carbons (Fsp3) is 0.455. The largest absolute Gasteiger partial charge is 0.339 e. The van der Waals surface area contributed by atoms with Gasteiger partial charge in [-0.15, -0.1) is 0 Å². The Hall–Kier alpha value is -2.41. The van der Waals surface area contributed by atoms with Gasteiger partial charge in [-0.25, -0.2) is 14.6 Å². The van der Waals surface area contributed by atoms with Crippen molar-refractivity contribution < 1.29 is 4.79 Å². The number of aromatic nitrogens is 4. The van der Waals surface area contributed by atoms with Crippen molar-refractivity contribution in [3.63, 3.8) is 0 Å². The van der Waals surface area contributed by atoms with Gasteiger partial charge >= 0.3 is 0 Å². The third-order valence-corrected chi connectivity index (χ3v) is 7.22. The van der Waals surface area contributed by atoms with E-state index in [-0.39, 0.29) is 5.91 Å². The van der Waals surface area contributed by atoms with Crippen LogP contribution in [0.15, 0.2) is 47.9 Å². The van der Waals surface area contributed by atoms with Gasteiger partial charge in [-0.3, -0.25) is 4.79 Å². The Kier molecular flexibility index (Phi) is 5.23. The molecule has 0 bridgehead atoms. The van der Waals surface area contributed by atoms with Crippen LogP contribution in [0, 0.1) is 5.92 Å². The van der Waals surface area contributed by atoms with Crippen molar-refractivity contribution in [1.82, 2.24) is 24.6 Å². The minimum Gasteiger partial charge on any atom is -0.339 e. The van der Waals surface area contributed by atoms with E-state index < -0.39 is 0 Å². The molecule has 0 unspecified atom stereocenters. The van der Waals surface area contributed by atoms with Gasteiger partial charge in [-0.2, -0.15) is 5.10 Å². The highest BCUT2D eigenvalue weighted by molar-refractivity contribution is 8.00. The van der Waals surface area contributed by atoms with Gasteiger partial charge in [0.25, 0.3) is 0 Å². The second-order valence-corrected chi connectivity index (χ2v) is 8.90. The fourth-order valence-electron chi connectivity index (χ4n) is 4.84. The van der Waals surface area contributed by atoms with Crippen molar-refractivity contribution in [3.05, 3.63) is 42.9 Å². The normalized spacial score (nSPS) is 21.9. The molecular formula is C22H25N5OS. The van der Waals surface area contributed by atoms with E-state index in [1.54, 1.807) is 12.5 Å². The van der Waals surface area contributed by atoms with Gasteiger partial charge in [0.1, 0.15) is 11.4 Å². The molecule has 0 radical (unpaired) electrons. The van der Waals surface area contributed by atoms with Gasteiger partial charge in [-0.1, -0.05) is 42.8 Å². The Morgan fingerprint density at radius 1 is 1.07 bits per heavy atom. The predicted molar refractivity (Wildman–Crippen MR) is 114 cm³/mol. The van der Waals surface area contributed by atoms with Gasteiger partial charge in [0.05, 0.1) is 23.0 Å². The number of likely N-dealkylation sites (tertiary alicyclic amines) is 1. The number of nitrogens with zero attached hydrogens (tertiary/aromatic N) is 5. The van der Waals surface area contributed by atoms with E-state index in [2.05, 4.69) is 20.0 Å². The van der Waals surface area contributed by atoms with Crippen LogP contribution < -0.4 is 0 Å². The maximum Gasteiger partial charge on any atom is 0.233 e.